The number of nitrogens with one attached hydrogen (secondary N) is 1. The van der Waals surface area contributed by atoms with E-state index in [9.17, 15) is 18.0 Å². The van der Waals surface area contributed by atoms with Crippen molar-refractivity contribution >= 4 is 11.7 Å². The highest BCUT2D eigenvalue weighted by atomic mass is 19.4. The lowest BCUT2D eigenvalue weighted by Gasteiger charge is -2.34. The lowest BCUT2D eigenvalue weighted by Crippen LogP contribution is -2.38. The molecule has 1 amide bonds. The number of piperidine rings is 1. The summed E-state index contributed by atoms with van der Waals surface area (Å²) >= 11 is 0. The molecule has 34 heavy (non-hydrogen) atoms. The fourth-order valence-corrected chi connectivity index (χ4v) is 3.93. The van der Waals surface area contributed by atoms with Gasteiger partial charge in [0.25, 0.3) is 5.91 Å². The van der Waals surface area contributed by atoms with Crippen LogP contribution in [0.15, 0.2) is 54.6 Å². The third-order valence-corrected chi connectivity index (χ3v) is 5.74. The number of carbonyl (C=O) groups is 1. The molecule has 0 radical (unpaired) electrons. The molecule has 10 heteroatoms. The maximum Gasteiger partial charge on any atom is 0.417 e. The number of rotatable bonds is 4. The van der Waals surface area contributed by atoms with E-state index in [4.69, 9.17) is 0 Å². The van der Waals surface area contributed by atoms with Gasteiger partial charge in [0.2, 0.25) is 0 Å². The van der Waals surface area contributed by atoms with Crippen LogP contribution in [0.25, 0.3) is 5.69 Å². The van der Waals surface area contributed by atoms with E-state index in [1.807, 2.05) is 39.0 Å². The molecular formula is C24H25F3N6O. The summed E-state index contributed by atoms with van der Waals surface area (Å²) in [5.74, 6) is 0.143. The molecule has 1 aromatic carbocycles. The lowest BCUT2D eigenvalue weighted by molar-refractivity contribution is -0.137. The smallest absolute Gasteiger partial charge is 0.345 e. The molecule has 4 rings (SSSR count). The van der Waals surface area contributed by atoms with Gasteiger partial charge in [-0.25, -0.2) is 4.98 Å². The van der Waals surface area contributed by atoms with E-state index in [1.165, 1.54) is 10.9 Å². The van der Waals surface area contributed by atoms with Gasteiger partial charge in [-0.15, -0.1) is 0 Å². The molecule has 3 aromatic rings. The number of carbonyl (C=O) groups excluding carboxylic acids is 1. The number of aromatic nitrogens is 4. The molecule has 178 valence electrons. The first kappa shape index (κ1) is 23.5. The molecule has 1 atom stereocenters. The van der Waals surface area contributed by atoms with Crippen LogP contribution in [0.1, 0.15) is 46.9 Å². The maximum absolute atomic E-state index is 13.7. The second kappa shape index (κ2) is 9.28. The van der Waals surface area contributed by atoms with E-state index >= 15 is 0 Å². The van der Waals surface area contributed by atoms with Crippen molar-refractivity contribution in [2.24, 2.45) is 5.92 Å². The van der Waals surface area contributed by atoms with Gasteiger partial charge in [0.15, 0.2) is 0 Å². The summed E-state index contributed by atoms with van der Waals surface area (Å²) in [6.07, 6.45) is 1.35. The predicted octanol–water partition coefficient (Wildman–Crippen LogP) is 5.12. The first-order valence-corrected chi connectivity index (χ1v) is 10.9. The van der Waals surface area contributed by atoms with Crippen molar-refractivity contribution in [3.63, 3.8) is 0 Å². The summed E-state index contributed by atoms with van der Waals surface area (Å²) in [5.41, 5.74) is 2.65. The van der Waals surface area contributed by atoms with Crippen LogP contribution in [0.5, 0.6) is 0 Å². The Labute approximate surface area is 195 Å². The Morgan fingerprint density at radius 1 is 1.18 bits per heavy atom. The van der Waals surface area contributed by atoms with Gasteiger partial charge in [0.1, 0.15) is 5.82 Å². The van der Waals surface area contributed by atoms with Crippen molar-refractivity contribution < 1.29 is 18.0 Å². The standard InChI is InChI=1S/C24H25F3N6O/c1-15-6-8-20(33-30-12-17(3)31-33)19(11-15)23(34)32-10-4-5-16(2)21(32)14-29-22-9-7-18(13-28-22)24(25,26)27/h6-9,11-14,16H,4-5,10H2,1-3H3,(H,28,29)/b21-14+. The minimum Gasteiger partial charge on any atom is -0.345 e. The number of benzene rings is 1. The molecule has 0 spiro atoms. The molecule has 7 nitrogen and oxygen atoms in total. The molecule has 1 saturated heterocycles. The summed E-state index contributed by atoms with van der Waals surface area (Å²) in [7, 11) is 0. The summed E-state index contributed by atoms with van der Waals surface area (Å²) in [5, 5.41) is 11.6. The number of likely N-dealkylation sites (tertiary alicyclic amines) is 1. The van der Waals surface area contributed by atoms with E-state index in [0.717, 1.165) is 42.1 Å². The molecule has 1 aliphatic heterocycles. The van der Waals surface area contributed by atoms with Crippen LogP contribution in [0, 0.1) is 19.8 Å². The molecule has 0 saturated carbocycles. The molecule has 1 aliphatic rings. The zero-order valence-corrected chi connectivity index (χ0v) is 19.1. The van der Waals surface area contributed by atoms with E-state index < -0.39 is 11.7 Å². The number of allylic oxidation sites excluding steroid dienone is 1. The van der Waals surface area contributed by atoms with Crippen LogP contribution in [0.4, 0.5) is 19.0 Å². The fraction of sp³-hybridized carbons (Fsp3) is 0.333. The second-order valence-electron chi connectivity index (χ2n) is 8.44. The number of anilines is 1. The van der Waals surface area contributed by atoms with Crippen molar-refractivity contribution in [2.45, 2.75) is 39.8 Å². The molecule has 1 N–H and O–H groups in total. The van der Waals surface area contributed by atoms with E-state index in [2.05, 4.69) is 20.5 Å². The number of amides is 1. The van der Waals surface area contributed by atoms with Crippen LogP contribution < -0.4 is 5.32 Å². The Balaban J connectivity index is 1.64. The van der Waals surface area contributed by atoms with Gasteiger partial charge in [0.05, 0.1) is 28.7 Å². The van der Waals surface area contributed by atoms with Gasteiger partial charge in [-0.2, -0.15) is 28.2 Å². The molecule has 0 aliphatic carbocycles. The number of nitrogens with zero attached hydrogens (tertiary/aromatic N) is 5. The fourth-order valence-electron chi connectivity index (χ4n) is 3.93. The minimum atomic E-state index is -4.45. The lowest BCUT2D eigenvalue weighted by atomic mass is 9.95. The zero-order valence-electron chi connectivity index (χ0n) is 19.1. The highest BCUT2D eigenvalue weighted by Crippen LogP contribution is 2.31. The van der Waals surface area contributed by atoms with Gasteiger partial charge in [0, 0.05) is 24.6 Å². The summed E-state index contributed by atoms with van der Waals surface area (Å²) in [6.45, 7) is 6.28. The van der Waals surface area contributed by atoms with Crippen LogP contribution in [-0.4, -0.2) is 37.3 Å². The number of hydrogen-bond acceptors (Lipinski definition) is 5. The van der Waals surface area contributed by atoms with Crippen LogP contribution in [0.2, 0.25) is 0 Å². The van der Waals surface area contributed by atoms with Crippen LogP contribution in [-0.2, 0) is 6.18 Å². The molecule has 0 bridgehead atoms. The van der Waals surface area contributed by atoms with Gasteiger partial charge >= 0.3 is 6.18 Å². The molecule has 1 fully saturated rings. The Morgan fingerprint density at radius 3 is 2.62 bits per heavy atom. The Kier molecular flexibility index (Phi) is 6.41. The third kappa shape index (κ3) is 4.95. The van der Waals surface area contributed by atoms with Crippen molar-refractivity contribution in [1.82, 2.24) is 24.9 Å². The Hall–Kier alpha value is -3.69. The van der Waals surface area contributed by atoms with E-state index in [1.54, 1.807) is 17.3 Å². The number of aryl methyl sites for hydroxylation is 2. The normalized spacial score (nSPS) is 17.8. The van der Waals surface area contributed by atoms with E-state index in [-0.39, 0.29) is 17.6 Å². The highest BCUT2D eigenvalue weighted by molar-refractivity contribution is 5.99. The number of hydrogen-bond donors (Lipinski definition) is 1. The van der Waals surface area contributed by atoms with Gasteiger partial charge in [-0.05, 0) is 56.9 Å². The SMILES string of the molecule is Cc1ccc(-n2ncc(C)n2)c(C(=O)N2CCCC(C)/C2=C\Nc2ccc(C(F)(F)F)cn2)c1. The maximum atomic E-state index is 13.7. The average Bonchev–Trinajstić information content (AvgIpc) is 3.23. The van der Waals surface area contributed by atoms with Crippen molar-refractivity contribution in [3.8, 4) is 5.69 Å². The van der Waals surface area contributed by atoms with Crippen LogP contribution >= 0.6 is 0 Å². The molecule has 1 unspecified atom stereocenters. The topological polar surface area (TPSA) is 75.9 Å². The quantitative estimate of drug-likeness (QED) is 0.573. The minimum absolute atomic E-state index is 0.0676. The van der Waals surface area contributed by atoms with Gasteiger partial charge in [-0.3, -0.25) is 4.79 Å². The largest absolute Gasteiger partial charge is 0.417 e. The predicted molar refractivity (Wildman–Crippen MR) is 121 cm³/mol. The Morgan fingerprint density at radius 2 is 1.97 bits per heavy atom. The number of alkyl halides is 3. The molecular weight excluding hydrogens is 445 g/mol. The first-order chi connectivity index (χ1) is 16.1. The van der Waals surface area contributed by atoms with Crippen LogP contribution in [0.3, 0.4) is 0 Å². The second-order valence-corrected chi connectivity index (χ2v) is 8.44. The zero-order chi connectivity index (χ0) is 24.5. The van der Waals surface area contributed by atoms with Gasteiger partial charge < -0.3 is 10.2 Å². The number of pyridine rings is 1. The van der Waals surface area contributed by atoms with E-state index in [0.29, 0.717) is 17.8 Å². The first-order valence-electron chi connectivity index (χ1n) is 10.9. The van der Waals surface area contributed by atoms with Crippen molar-refractivity contribution in [2.75, 3.05) is 11.9 Å². The summed E-state index contributed by atoms with van der Waals surface area (Å²) < 4.78 is 38.4. The summed E-state index contributed by atoms with van der Waals surface area (Å²) in [4.78, 5) is 20.7. The summed E-state index contributed by atoms with van der Waals surface area (Å²) in [6, 6.07) is 7.78. The van der Waals surface area contributed by atoms with Gasteiger partial charge in [-0.1, -0.05) is 18.6 Å². The Bertz CT molecular complexity index is 1220. The molecule has 2 aromatic heterocycles. The molecule has 3 heterocycles. The number of halogens is 3. The van der Waals surface area contributed by atoms with Crippen molar-refractivity contribution in [3.05, 3.63) is 77.0 Å². The highest BCUT2D eigenvalue weighted by Gasteiger charge is 2.31. The third-order valence-electron chi connectivity index (χ3n) is 5.74. The van der Waals surface area contributed by atoms with Crippen molar-refractivity contribution in [1.29, 1.82) is 0 Å². The monoisotopic (exact) mass is 470 g/mol. The average molecular weight is 470 g/mol.